The molecule has 2 heteroatoms. The lowest BCUT2D eigenvalue weighted by Gasteiger charge is -2.37. The predicted octanol–water partition coefficient (Wildman–Crippen LogP) is 6.72. The Hall–Kier alpha value is -1.10. The number of allylic oxidation sites excluding steroid dienone is 4. The van der Waals surface area contributed by atoms with Crippen LogP contribution < -0.4 is 0 Å². The van der Waals surface area contributed by atoms with Crippen LogP contribution in [0.15, 0.2) is 24.1 Å². The molecule has 0 amide bonds. The Bertz CT molecular complexity index is 429. The monoisotopic (exact) mass is 317 g/mol. The van der Waals surface area contributed by atoms with Crippen molar-refractivity contribution in [3.63, 3.8) is 0 Å². The normalized spacial score (nSPS) is 32.8. The molecule has 0 aromatic carbocycles. The van der Waals surface area contributed by atoms with Gasteiger partial charge in [0.2, 0.25) is 0 Å². The minimum absolute atomic E-state index is 0.709. The number of hydrogen-bond acceptors (Lipinski definition) is 1. The number of nitrogens with zero attached hydrogens (tertiary/aromatic N) is 1. The molecule has 23 heavy (non-hydrogen) atoms. The van der Waals surface area contributed by atoms with Crippen LogP contribution in [0.4, 0.5) is 4.39 Å². The van der Waals surface area contributed by atoms with E-state index in [9.17, 15) is 4.39 Å². The summed E-state index contributed by atoms with van der Waals surface area (Å²) in [5.41, 5.74) is 0. The summed E-state index contributed by atoms with van der Waals surface area (Å²) in [6.07, 6.45) is 20.0. The summed E-state index contributed by atoms with van der Waals surface area (Å²) in [4.78, 5) is 0. The van der Waals surface area contributed by atoms with E-state index in [0.717, 1.165) is 30.1 Å². The van der Waals surface area contributed by atoms with Crippen LogP contribution in [0.1, 0.15) is 77.6 Å². The molecule has 0 heterocycles. The highest BCUT2D eigenvalue weighted by Crippen LogP contribution is 2.42. The highest BCUT2D eigenvalue weighted by atomic mass is 19.1. The van der Waals surface area contributed by atoms with Crippen molar-refractivity contribution in [1.29, 1.82) is 5.26 Å². The summed E-state index contributed by atoms with van der Waals surface area (Å²) in [7, 11) is 0. The Morgan fingerprint density at radius 1 is 1.00 bits per heavy atom. The maximum absolute atomic E-state index is 12.6. The van der Waals surface area contributed by atoms with Crippen LogP contribution >= 0.6 is 0 Å². The average Bonchev–Trinajstić information content (AvgIpc) is 2.62. The van der Waals surface area contributed by atoms with Crippen molar-refractivity contribution < 1.29 is 4.39 Å². The third-order valence-corrected chi connectivity index (χ3v) is 6.25. The van der Waals surface area contributed by atoms with Gasteiger partial charge in [-0.1, -0.05) is 51.2 Å². The van der Waals surface area contributed by atoms with E-state index in [2.05, 4.69) is 6.92 Å². The zero-order valence-electron chi connectivity index (χ0n) is 14.6. The zero-order chi connectivity index (χ0) is 16.5. The SMILES string of the molecule is CCC1CCC(C2CCC(CCC=CC=C(F)C#N)CC2)CC1. The molecule has 0 aromatic heterocycles. The van der Waals surface area contributed by atoms with Crippen LogP contribution in [-0.4, -0.2) is 0 Å². The molecule has 2 aliphatic carbocycles. The van der Waals surface area contributed by atoms with Crippen molar-refractivity contribution in [2.45, 2.75) is 77.6 Å². The highest BCUT2D eigenvalue weighted by molar-refractivity contribution is 5.18. The van der Waals surface area contributed by atoms with E-state index in [1.807, 2.05) is 6.08 Å². The van der Waals surface area contributed by atoms with Gasteiger partial charge in [0.05, 0.1) is 0 Å². The summed E-state index contributed by atoms with van der Waals surface area (Å²) < 4.78 is 12.6. The van der Waals surface area contributed by atoms with E-state index in [0.29, 0.717) is 0 Å². The summed E-state index contributed by atoms with van der Waals surface area (Å²) in [6.45, 7) is 2.34. The number of rotatable bonds is 6. The molecule has 2 saturated carbocycles. The van der Waals surface area contributed by atoms with Gasteiger partial charge in [-0.25, -0.2) is 0 Å². The van der Waals surface area contributed by atoms with Crippen LogP contribution in [0.5, 0.6) is 0 Å². The topological polar surface area (TPSA) is 23.8 Å². The maximum Gasteiger partial charge on any atom is 0.199 e. The third-order valence-electron chi connectivity index (χ3n) is 6.25. The van der Waals surface area contributed by atoms with Crippen LogP contribution in [0.3, 0.4) is 0 Å². The molecule has 0 bridgehead atoms. The van der Waals surface area contributed by atoms with E-state index in [4.69, 9.17) is 5.26 Å². The molecule has 2 fully saturated rings. The molecule has 0 radical (unpaired) electrons. The molecular formula is C21H32FN. The average molecular weight is 317 g/mol. The number of halogens is 1. The second-order valence-corrected chi connectivity index (χ2v) is 7.60. The van der Waals surface area contributed by atoms with Gasteiger partial charge in [-0.05, 0) is 68.3 Å². The molecule has 128 valence electrons. The zero-order valence-corrected chi connectivity index (χ0v) is 14.6. The Kier molecular flexibility index (Phi) is 7.86. The summed E-state index contributed by atoms with van der Waals surface area (Å²) in [5.74, 6) is 3.16. The standard InChI is InChI=1S/C21H32FN/c1-2-17-8-12-19(13-9-17)20-14-10-18(11-15-20)6-4-3-5-7-21(22)16-23/h3,5,7,17-20H,2,4,6,8-15H2,1H3. The largest absolute Gasteiger partial charge is 0.199 e. The fourth-order valence-corrected chi connectivity index (χ4v) is 4.63. The van der Waals surface area contributed by atoms with Crippen LogP contribution in [0.2, 0.25) is 0 Å². The van der Waals surface area contributed by atoms with Crippen molar-refractivity contribution >= 4 is 0 Å². The highest BCUT2D eigenvalue weighted by Gasteiger charge is 2.30. The third kappa shape index (κ3) is 6.13. The van der Waals surface area contributed by atoms with Gasteiger partial charge >= 0.3 is 0 Å². The van der Waals surface area contributed by atoms with Gasteiger partial charge < -0.3 is 0 Å². The molecule has 0 atom stereocenters. The first-order valence-corrected chi connectivity index (χ1v) is 9.65. The van der Waals surface area contributed by atoms with Crippen LogP contribution in [-0.2, 0) is 0 Å². The van der Waals surface area contributed by atoms with Gasteiger partial charge in [0, 0.05) is 0 Å². The molecule has 0 aromatic rings. The summed E-state index contributed by atoms with van der Waals surface area (Å²) in [6, 6.07) is 1.49. The molecule has 0 saturated heterocycles. The van der Waals surface area contributed by atoms with Crippen molar-refractivity contribution in [2.24, 2.45) is 23.7 Å². The molecular weight excluding hydrogens is 285 g/mol. The van der Waals surface area contributed by atoms with E-state index in [-0.39, 0.29) is 0 Å². The van der Waals surface area contributed by atoms with Gasteiger partial charge in [0.15, 0.2) is 5.83 Å². The second-order valence-electron chi connectivity index (χ2n) is 7.60. The smallest absolute Gasteiger partial charge is 0.195 e. The van der Waals surface area contributed by atoms with E-state index >= 15 is 0 Å². The van der Waals surface area contributed by atoms with Gasteiger partial charge in [0.25, 0.3) is 0 Å². The first-order valence-electron chi connectivity index (χ1n) is 9.65. The van der Waals surface area contributed by atoms with Gasteiger partial charge in [0.1, 0.15) is 6.07 Å². The second kappa shape index (κ2) is 9.91. The molecule has 2 aliphatic rings. The Morgan fingerprint density at radius 3 is 2.09 bits per heavy atom. The quantitative estimate of drug-likeness (QED) is 0.394. The maximum atomic E-state index is 12.6. The number of nitriles is 1. The molecule has 0 unspecified atom stereocenters. The summed E-state index contributed by atoms with van der Waals surface area (Å²) >= 11 is 0. The van der Waals surface area contributed by atoms with Gasteiger partial charge in [-0.15, -0.1) is 0 Å². The van der Waals surface area contributed by atoms with Crippen molar-refractivity contribution in [3.05, 3.63) is 24.1 Å². The minimum atomic E-state index is -0.709. The molecule has 0 spiro atoms. The first kappa shape index (κ1) is 18.2. The van der Waals surface area contributed by atoms with E-state index < -0.39 is 5.83 Å². The fourth-order valence-electron chi connectivity index (χ4n) is 4.63. The van der Waals surface area contributed by atoms with Gasteiger partial charge in [-0.2, -0.15) is 9.65 Å². The lowest BCUT2D eigenvalue weighted by molar-refractivity contribution is 0.143. The van der Waals surface area contributed by atoms with Gasteiger partial charge in [-0.3, -0.25) is 0 Å². The van der Waals surface area contributed by atoms with Crippen molar-refractivity contribution in [3.8, 4) is 6.07 Å². The Balaban J connectivity index is 1.62. The molecule has 2 rings (SSSR count). The molecule has 1 nitrogen and oxygen atoms in total. The molecule has 0 aliphatic heterocycles. The van der Waals surface area contributed by atoms with Crippen LogP contribution in [0, 0.1) is 35.0 Å². The molecule has 0 N–H and O–H groups in total. The van der Waals surface area contributed by atoms with Crippen LogP contribution in [0.25, 0.3) is 0 Å². The minimum Gasteiger partial charge on any atom is -0.195 e. The van der Waals surface area contributed by atoms with Crippen molar-refractivity contribution in [1.82, 2.24) is 0 Å². The lowest BCUT2D eigenvalue weighted by Crippen LogP contribution is -2.25. The Labute approximate surface area is 141 Å². The summed E-state index contributed by atoms with van der Waals surface area (Å²) in [5, 5.41) is 8.33. The van der Waals surface area contributed by atoms with Crippen molar-refractivity contribution in [2.75, 3.05) is 0 Å². The lowest BCUT2D eigenvalue weighted by atomic mass is 9.68. The fraction of sp³-hybridized carbons (Fsp3) is 0.762. The first-order chi connectivity index (χ1) is 11.2. The Morgan fingerprint density at radius 2 is 1.57 bits per heavy atom. The van der Waals surface area contributed by atoms with E-state index in [1.54, 1.807) is 6.08 Å². The van der Waals surface area contributed by atoms with E-state index in [1.165, 1.54) is 76.4 Å². The predicted molar refractivity (Wildman–Crippen MR) is 94.4 cm³/mol. The number of hydrogen-bond donors (Lipinski definition) is 0.